The first-order valence-electron chi connectivity index (χ1n) is 8.36. The summed E-state index contributed by atoms with van der Waals surface area (Å²) in [5.74, 6) is 1.54. The van der Waals surface area contributed by atoms with Gasteiger partial charge >= 0.3 is 0 Å². The smallest absolute Gasteiger partial charge is 0.0540 e. The van der Waals surface area contributed by atoms with Crippen molar-refractivity contribution in [3.8, 4) is 0 Å². The fraction of sp³-hybridized carbons (Fsp3) is 1.00. The number of aliphatic hydroxyl groups is 2. The third kappa shape index (κ3) is 4.46. The van der Waals surface area contributed by atoms with Crippen LogP contribution in [0.15, 0.2) is 0 Å². The van der Waals surface area contributed by atoms with Gasteiger partial charge in [0.05, 0.1) is 12.2 Å². The van der Waals surface area contributed by atoms with Gasteiger partial charge in [-0.2, -0.15) is 0 Å². The fourth-order valence-corrected chi connectivity index (χ4v) is 3.97. The molecule has 0 heterocycles. The minimum atomic E-state index is -0.0461. The van der Waals surface area contributed by atoms with Gasteiger partial charge in [-0.15, -0.1) is 0 Å². The lowest BCUT2D eigenvalue weighted by Crippen LogP contribution is -2.38. The Balaban J connectivity index is 0.000000861. The monoisotopic (exact) mass is 270 g/mol. The molecule has 114 valence electrons. The van der Waals surface area contributed by atoms with Crippen molar-refractivity contribution in [3.63, 3.8) is 0 Å². The Morgan fingerprint density at radius 3 is 1.16 bits per heavy atom. The van der Waals surface area contributed by atoms with Crippen molar-refractivity contribution in [2.24, 2.45) is 17.3 Å². The molecule has 0 radical (unpaired) electrons. The van der Waals surface area contributed by atoms with Crippen molar-refractivity contribution in [3.05, 3.63) is 0 Å². The molecular weight excluding hydrogens is 236 g/mol. The zero-order valence-corrected chi connectivity index (χ0v) is 13.4. The van der Waals surface area contributed by atoms with E-state index < -0.39 is 0 Å². The summed E-state index contributed by atoms with van der Waals surface area (Å²) in [6, 6.07) is 0. The molecule has 2 N–H and O–H groups in total. The molecule has 0 aromatic rings. The van der Waals surface area contributed by atoms with Gasteiger partial charge in [0.25, 0.3) is 0 Å². The van der Waals surface area contributed by atoms with Crippen LogP contribution in [0.1, 0.15) is 79.1 Å². The molecule has 2 saturated carbocycles. The van der Waals surface area contributed by atoms with Crippen molar-refractivity contribution in [2.75, 3.05) is 0 Å². The standard InChI is InChI=1S/C15H28O2.C2H6/c1-15(2,11-3-7-13(16)8-4-11)12-5-9-14(17)10-6-12;1-2/h11-14,16-17H,3-10H2,1-2H3;1-2H3. The van der Waals surface area contributed by atoms with Crippen molar-refractivity contribution in [1.29, 1.82) is 0 Å². The Labute approximate surface area is 119 Å². The van der Waals surface area contributed by atoms with Gasteiger partial charge in [0.15, 0.2) is 0 Å². The number of rotatable bonds is 2. The van der Waals surface area contributed by atoms with Crippen LogP contribution in [0.25, 0.3) is 0 Å². The van der Waals surface area contributed by atoms with Crippen molar-refractivity contribution < 1.29 is 10.2 Å². The number of hydrogen-bond donors (Lipinski definition) is 2. The molecule has 0 spiro atoms. The molecule has 0 saturated heterocycles. The van der Waals surface area contributed by atoms with E-state index in [2.05, 4.69) is 13.8 Å². The topological polar surface area (TPSA) is 40.5 Å². The molecule has 0 aliphatic heterocycles. The van der Waals surface area contributed by atoms with Gasteiger partial charge in [-0.25, -0.2) is 0 Å². The molecule has 0 aromatic heterocycles. The second kappa shape index (κ2) is 7.64. The molecule has 2 rings (SSSR count). The predicted molar refractivity (Wildman–Crippen MR) is 81.1 cm³/mol. The lowest BCUT2D eigenvalue weighted by molar-refractivity contribution is 0.00233. The highest BCUT2D eigenvalue weighted by atomic mass is 16.3. The maximum Gasteiger partial charge on any atom is 0.0540 e. The Kier molecular flexibility index (Phi) is 6.82. The fourth-order valence-electron chi connectivity index (χ4n) is 3.97. The highest BCUT2D eigenvalue weighted by Gasteiger charge is 2.39. The van der Waals surface area contributed by atoms with E-state index in [1.807, 2.05) is 13.8 Å². The van der Waals surface area contributed by atoms with Crippen LogP contribution in [0.3, 0.4) is 0 Å². The van der Waals surface area contributed by atoms with Gasteiger partial charge in [0, 0.05) is 0 Å². The SMILES string of the molecule is CC.CC(C)(C1CCC(O)CC1)C1CCC(O)CC1. The second-order valence-corrected chi connectivity index (χ2v) is 6.83. The summed E-state index contributed by atoms with van der Waals surface area (Å²) in [5.41, 5.74) is 0.389. The molecule has 19 heavy (non-hydrogen) atoms. The van der Waals surface area contributed by atoms with E-state index >= 15 is 0 Å². The molecule has 0 unspecified atom stereocenters. The van der Waals surface area contributed by atoms with Crippen LogP contribution in [-0.4, -0.2) is 22.4 Å². The average molecular weight is 270 g/mol. The second-order valence-electron chi connectivity index (χ2n) is 6.83. The number of hydrogen-bond acceptors (Lipinski definition) is 2. The van der Waals surface area contributed by atoms with Crippen LogP contribution in [0, 0.1) is 17.3 Å². The van der Waals surface area contributed by atoms with Crippen LogP contribution >= 0.6 is 0 Å². The summed E-state index contributed by atoms with van der Waals surface area (Å²) in [5, 5.41) is 19.2. The van der Waals surface area contributed by atoms with Crippen molar-refractivity contribution in [2.45, 2.75) is 91.3 Å². The van der Waals surface area contributed by atoms with Gasteiger partial charge in [-0.3, -0.25) is 0 Å². The van der Waals surface area contributed by atoms with Gasteiger partial charge in [-0.1, -0.05) is 27.7 Å². The molecule has 0 atom stereocenters. The summed E-state index contributed by atoms with van der Waals surface area (Å²) in [6.07, 6.45) is 8.62. The minimum Gasteiger partial charge on any atom is -0.393 e. The van der Waals surface area contributed by atoms with Crippen LogP contribution in [0.5, 0.6) is 0 Å². The largest absolute Gasteiger partial charge is 0.393 e. The Morgan fingerprint density at radius 2 is 0.895 bits per heavy atom. The molecule has 2 fully saturated rings. The summed E-state index contributed by atoms with van der Waals surface area (Å²) in [6.45, 7) is 8.83. The minimum absolute atomic E-state index is 0.0461. The van der Waals surface area contributed by atoms with E-state index in [0.717, 1.165) is 37.5 Å². The van der Waals surface area contributed by atoms with E-state index in [-0.39, 0.29) is 12.2 Å². The van der Waals surface area contributed by atoms with E-state index in [9.17, 15) is 10.2 Å². The van der Waals surface area contributed by atoms with E-state index in [1.165, 1.54) is 25.7 Å². The van der Waals surface area contributed by atoms with Crippen LogP contribution in [0.4, 0.5) is 0 Å². The zero-order valence-electron chi connectivity index (χ0n) is 13.4. The van der Waals surface area contributed by atoms with Crippen LogP contribution < -0.4 is 0 Å². The average Bonchev–Trinajstić information content (AvgIpc) is 2.42. The first-order chi connectivity index (χ1) is 9.00. The van der Waals surface area contributed by atoms with Crippen LogP contribution in [0.2, 0.25) is 0 Å². The number of aliphatic hydroxyl groups excluding tert-OH is 2. The molecule has 0 aromatic carbocycles. The zero-order chi connectivity index (χ0) is 14.5. The summed E-state index contributed by atoms with van der Waals surface area (Å²) < 4.78 is 0. The maximum atomic E-state index is 9.60. The predicted octanol–water partition coefficient (Wildman–Crippen LogP) is 4.14. The molecule has 2 aliphatic carbocycles. The summed E-state index contributed by atoms with van der Waals surface area (Å²) >= 11 is 0. The van der Waals surface area contributed by atoms with Gasteiger partial charge in [0.2, 0.25) is 0 Å². The quantitative estimate of drug-likeness (QED) is 0.791. The van der Waals surface area contributed by atoms with Gasteiger partial charge < -0.3 is 10.2 Å². The van der Waals surface area contributed by atoms with Crippen molar-refractivity contribution >= 4 is 0 Å². The van der Waals surface area contributed by atoms with E-state index in [0.29, 0.717) is 5.41 Å². The lowest BCUT2D eigenvalue weighted by Gasteiger charge is -2.46. The van der Waals surface area contributed by atoms with Crippen molar-refractivity contribution in [1.82, 2.24) is 0 Å². The summed E-state index contributed by atoms with van der Waals surface area (Å²) in [7, 11) is 0. The normalized spacial score (nSPS) is 36.3. The Bertz CT molecular complexity index is 210. The maximum absolute atomic E-state index is 9.60. The Morgan fingerprint density at radius 1 is 0.632 bits per heavy atom. The first-order valence-corrected chi connectivity index (χ1v) is 8.36. The van der Waals surface area contributed by atoms with Gasteiger partial charge in [-0.05, 0) is 68.6 Å². The summed E-state index contributed by atoms with van der Waals surface area (Å²) in [4.78, 5) is 0. The molecular formula is C17H34O2. The van der Waals surface area contributed by atoms with E-state index in [1.54, 1.807) is 0 Å². The van der Waals surface area contributed by atoms with Gasteiger partial charge in [0.1, 0.15) is 0 Å². The molecule has 2 aliphatic rings. The Hall–Kier alpha value is -0.0800. The third-order valence-corrected chi connectivity index (χ3v) is 5.50. The molecule has 2 nitrogen and oxygen atoms in total. The van der Waals surface area contributed by atoms with E-state index in [4.69, 9.17) is 0 Å². The molecule has 0 bridgehead atoms. The highest BCUT2D eigenvalue weighted by Crippen LogP contribution is 2.48. The molecule has 0 amide bonds. The first kappa shape index (κ1) is 17.0. The third-order valence-electron chi connectivity index (χ3n) is 5.50. The van der Waals surface area contributed by atoms with Crippen LogP contribution in [-0.2, 0) is 0 Å². The highest BCUT2D eigenvalue weighted by molar-refractivity contribution is 4.90. The lowest BCUT2D eigenvalue weighted by atomic mass is 9.60. The molecule has 2 heteroatoms.